The van der Waals surface area contributed by atoms with Crippen molar-refractivity contribution < 1.29 is 0 Å². The minimum absolute atomic E-state index is 1.00. The molecule has 0 aromatic heterocycles. The van der Waals surface area contributed by atoms with Crippen molar-refractivity contribution in [1.29, 1.82) is 0 Å². The summed E-state index contributed by atoms with van der Waals surface area (Å²) in [7, 11) is 0. The summed E-state index contributed by atoms with van der Waals surface area (Å²) in [5, 5.41) is 6.34. The largest absolute Gasteiger partial charge is 0.385 e. The van der Waals surface area contributed by atoms with Gasteiger partial charge in [0.2, 0.25) is 0 Å². The lowest BCUT2D eigenvalue weighted by molar-refractivity contribution is 1.02. The molecule has 0 amide bonds. The molecule has 1 aliphatic carbocycles. The lowest BCUT2D eigenvalue weighted by Crippen LogP contribution is -1.99. The summed E-state index contributed by atoms with van der Waals surface area (Å²) in [6, 6.07) is 11.1. The third kappa shape index (κ3) is 1.23. The Hall–Kier alpha value is -1.50. The monoisotopic (exact) mass is 197 g/mol. The third-order valence-corrected chi connectivity index (χ3v) is 3.25. The fourth-order valence-corrected chi connectivity index (χ4v) is 2.62. The van der Waals surface area contributed by atoms with Crippen molar-refractivity contribution >= 4 is 16.5 Å². The Balaban J connectivity index is 2.30. The molecule has 0 atom stereocenters. The van der Waals surface area contributed by atoms with E-state index in [-0.39, 0.29) is 0 Å². The summed E-state index contributed by atoms with van der Waals surface area (Å²) in [6.45, 7) is 3.15. The molecule has 2 aromatic carbocycles. The summed E-state index contributed by atoms with van der Waals surface area (Å²) in [6.07, 6.45) is 2.40. The van der Waals surface area contributed by atoms with Crippen LogP contribution in [0.25, 0.3) is 10.8 Å². The van der Waals surface area contributed by atoms with Crippen LogP contribution in [0.1, 0.15) is 18.1 Å². The molecule has 1 aliphatic rings. The highest BCUT2D eigenvalue weighted by Gasteiger charge is 2.16. The first kappa shape index (κ1) is 8.78. The minimum Gasteiger partial charge on any atom is -0.385 e. The van der Waals surface area contributed by atoms with Crippen molar-refractivity contribution in [3.63, 3.8) is 0 Å². The summed E-state index contributed by atoms with van der Waals surface area (Å²) >= 11 is 0. The lowest BCUT2D eigenvalue weighted by Gasteiger charge is -2.09. The molecule has 15 heavy (non-hydrogen) atoms. The topological polar surface area (TPSA) is 12.0 Å². The first-order chi connectivity index (χ1) is 7.40. The van der Waals surface area contributed by atoms with Gasteiger partial charge in [0.05, 0.1) is 0 Å². The maximum atomic E-state index is 3.45. The number of hydrogen-bond donors (Lipinski definition) is 1. The van der Waals surface area contributed by atoms with E-state index in [0.29, 0.717) is 0 Å². The van der Waals surface area contributed by atoms with Crippen molar-refractivity contribution in [2.75, 3.05) is 11.9 Å². The molecule has 0 radical (unpaired) electrons. The molecule has 0 heterocycles. The summed E-state index contributed by atoms with van der Waals surface area (Å²) in [5.41, 5.74) is 4.36. The van der Waals surface area contributed by atoms with Crippen LogP contribution in [0.2, 0.25) is 0 Å². The predicted molar refractivity (Wildman–Crippen MR) is 65.5 cm³/mol. The number of anilines is 1. The lowest BCUT2D eigenvalue weighted by atomic mass is 10.0. The smallest absolute Gasteiger partial charge is 0.0379 e. The molecule has 0 aliphatic heterocycles. The van der Waals surface area contributed by atoms with Crippen LogP contribution in [-0.2, 0) is 12.8 Å². The van der Waals surface area contributed by atoms with Crippen LogP contribution in [-0.4, -0.2) is 6.54 Å². The second-order valence-electron chi connectivity index (χ2n) is 4.14. The highest BCUT2D eigenvalue weighted by Crippen LogP contribution is 2.35. The van der Waals surface area contributed by atoms with Gasteiger partial charge in [-0.1, -0.05) is 24.3 Å². The van der Waals surface area contributed by atoms with Crippen LogP contribution in [0.5, 0.6) is 0 Å². The zero-order valence-electron chi connectivity index (χ0n) is 9.01. The average molecular weight is 197 g/mol. The van der Waals surface area contributed by atoms with E-state index in [0.717, 1.165) is 6.54 Å². The van der Waals surface area contributed by atoms with Crippen LogP contribution in [0.3, 0.4) is 0 Å². The normalized spacial score (nSPS) is 13.4. The van der Waals surface area contributed by atoms with Crippen molar-refractivity contribution in [1.82, 2.24) is 0 Å². The van der Waals surface area contributed by atoms with Gasteiger partial charge in [-0.15, -0.1) is 0 Å². The van der Waals surface area contributed by atoms with Crippen LogP contribution in [0, 0.1) is 0 Å². The van der Waals surface area contributed by atoms with E-state index < -0.39 is 0 Å². The average Bonchev–Trinajstić information content (AvgIpc) is 2.69. The van der Waals surface area contributed by atoms with E-state index in [9.17, 15) is 0 Å². The highest BCUT2D eigenvalue weighted by atomic mass is 14.9. The van der Waals surface area contributed by atoms with E-state index in [4.69, 9.17) is 0 Å². The molecule has 0 fully saturated rings. The quantitative estimate of drug-likeness (QED) is 0.778. The molecule has 76 valence electrons. The second kappa shape index (κ2) is 3.27. The fraction of sp³-hybridized carbons (Fsp3) is 0.286. The third-order valence-electron chi connectivity index (χ3n) is 3.25. The van der Waals surface area contributed by atoms with Crippen molar-refractivity contribution in [3.8, 4) is 0 Å². The zero-order chi connectivity index (χ0) is 10.3. The van der Waals surface area contributed by atoms with Gasteiger partial charge in [-0.25, -0.2) is 0 Å². The van der Waals surface area contributed by atoms with Gasteiger partial charge in [-0.05, 0) is 47.7 Å². The van der Waals surface area contributed by atoms with Gasteiger partial charge in [0.25, 0.3) is 0 Å². The SMILES string of the molecule is CCNc1ccc2cccc3c2c1CC3. The van der Waals surface area contributed by atoms with Crippen molar-refractivity contribution in [3.05, 3.63) is 41.5 Å². The molecule has 0 unspecified atom stereocenters. The first-order valence-corrected chi connectivity index (χ1v) is 5.67. The number of aryl methyl sites for hydroxylation is 2. The highest BCUT2D eigenvalue weighted by molar-refractivity contribution is 5.94. The molecular weight excluding hydrogens is 182 g/mol. The number of nitrogens with one attached hydrogen (secondary N) is 1. The van der Waals surface area contributed by atoms with Gasteiger partial charge < -0.3 is 5.32 Å². The van der Waals surface area contributed by atoms with E-state index in [1.807, 2.05) is 0 Å². The summed E-state index contributed by atoms with van der Waals surface area (Å²) < 4.78 is 0. The number of rotatable bonds is 2. The van der Waals surface area contributed by atoms with Crippen molar-refractivity contribution in [2.45, 2.75) is 19.8 Å². The Morgan fingerprint density at radius 1 is 1.13 bits per heavy atom. The van der Waals surface area contributed by atoms with Crippen LogP contribution < -0.4 is 5.32 Å². The molecule has 0 saturated carbocycles. The Kier molecular flexibility index (Phi) is 1.91. The standard InChI is InChI=1S/C14H15N/c1-2-15-13-9-7-11-5-3-4-10-6-8-12(13)14(10)11/h3-5,7,9,15H,2,6,8H2,1H3. The van der Waals surface area contributed by atoms with Crippen LogP contribution >= 0.6 is 0 Å². The van der Waals surface area contributed by atoms with Crippen LogP contribution in [0.15, 0.2) is 30.3 Å². The molecule has 0 bridgehead atoms. The molecule has 2 aromatic rings. The van der Waals surface area contributed by atoms with Crippen molar-refractivity contribution in [2.24, 2.45) is 0 Å². The van der Waals surface area contributed by atoms with Gasteiger partial charge >= 0.3 is 0 Å². The molecular formula is C14H15N. The Bertz CT molecular complexity index is 514. The molecule has 1 nitrogen and oxygen atoms in total. The maximum Gasteiger partial charge on any atom is 0.0379 e. The Morgan fingerprint density at radius 3 is 2.93 bits per heavy atom. The maximum absolute atomic E-state index is 3.45. The van der Waals surface area contributed by atoms with Gasteiger partial charge in [-0.2, -0.15) is 0 Å². The Morgan fingerprint density at radius 2 is 2.07 bits per heavy atom. The van der Waals surface area contributed by atoms with E-state index in [2.05, 4.69) is 42.6 Å². The molecule has 1 N–H and O–H groups in total. The first-order valence-electron chi connectivity index (χ1n) is 5.67. The van der Waals surface area contributed by atoms with E-state index in [1.54, 1.807) is 0 Å². The zero-order valence-corrected chi connectivity index (χ0v) is 9.01. The number of hydrogen-bond acceptors (Lipinski definition) is 1. The van der Waals surface area contributed by atoms with Gasteiger partial charge in [0, 0.05) is 12.2 Å². The van der Waals surface area contributed by atoms with Crippen LogP contribution in [0.4, 0.5) is 5.69 Å². The summed E-state index contributed by atoms with van der Waals surface area (Å²) in [4.78, 5) is 0. The van der Waals surface area contributed by atoms with Gasteiger partial charge in [0.15, 0.2) is 0 Å². The fourth-order valence-electron chi connectivity index (χ4n) is 2.62. The van der Waals surface area contributed by atoms with E-state index in [1.165, 1.54) is 40.4 Å². The van der Waals surface area contributed by atoms with Gasteiger partial charge in [-0.3, -0.25) is 0 Å². The molecule has 1 heteroatoms. The second-order valence-corrected chi connectivity index (χ2v) is 4.14. The Labute approximate surface area is 90.1 Å². The molecule has 0 spiro atoms. The minimum atomic E-state index is 1.00. The summed E-state index contributed by atoms with van der Waals surface area (Å²) in [5.74, 6) is 0. The predicted octanol–water partition coefficient (Wildman–Crippen LogP) is 3.37. The molecule has 3 rings (SSSR count). The van der Waals surface area contributed by atoms with E-state index >= 15 is 0 Å². The number of benzene rings is 2. The molecule has 0 saturated heterocycles. The van der Waals surface area contributed by atoms with Gasteiger partial charge in [0.1, 0.15) is 0 Å².